The van der Waals surface area contributed by atoms with Crippen LogP contribution in [0.25, 0.3) is 0 Å². The van der Waals surface area contributed by atoms with Gasteiger partial charge in [0.1, 0.15) is 5.82 Å². The molecule has 0 radical (unpaired) electrons. The van der Waals surface area contributed by atoms with Crippen molar-refractivity contribution in [3.63, 3.8) is 0 Å². The fourth-order valence-corrected chi connectivity index (χ4v) is 3.27. The van der Waals surface area contributed by atoms with Crippen molar-refractivity contribution in [2.75, 3.05) is 18.8 Å². The molecule has 20 heavy (non-hydrogen) atoms. The van der Waals surface area contributed by atoms with E-state index in [1.54, 1.807) is 0 Å². The summed E-state index contributed by atoms with van der Waals surface area (Å²) in [4.78, 5) is 10.9. The number of carbonyl (C=O) groups is 1. The summed E-state index contributed by atoms with van der Waals surface area (Å²) >= 11 is 0. The normalized spacial score (nSPS) is 12.1. The molecule has 0 saturated carbocycles. The van der Waals surface area contributed by atoms with Gasteiger partial charge in [0.25, 0.3) is 0 Å². The van der Waals surface area contributed by atoms with E-state index in [0.717, 1.165) is 22.5 Å². The summed E-state index contributed by atoms with van der Waals surface area (Å²) < 4.78 is 38.9. The molecule has 1 rings (SSSR count). The van der Waals surface area contributed by atoms with Gasteiger partial charge < -0.3 is 11.5 Å². The third-order valence-electron chi connectivity index (χ3n) is 2.51. The molecule has 0 aliphatic rings. The van der Waals surface area contributed by atoms with Crippen molar-refractivity contribution in [2.24, 2.45) is 11.7 Å². The fourth-order valence-electron chi connectivity index (χ4n) is 1.66. The van der Waals surface area contributed by atoms with Crippen LogP contribution in [0.5, 0.6) is 0 Å². The van der Waals surface area contributed by atoms with Crippen LogP contribution in [-0.2, 0) is 14.8 Å². The summed E-state index contributed by atoms with van der Waals surface area (Å²) in [6, 6.07) is 3.11. The van der Waals surface area contributed by atoms with Gasteiger partial charge >= 0.3 is 0 Å². The highest BCUT2D eigenvalue weighted by Gasteiger charge is 2.27. The average Bonchev–Trinajstić information content (AvgIpc) is 2.30. The Balaban J connectivity index is 3.20. The largest absolute Gasteiger partial charge is 0.396 e. The highest BCUT2D eigenvalue weighted by atomic mass is 32.2. The molecule has 4 N–H and O–H groups in total. The minimum absolute atomic E-state index is 0.00178. The van der Waals surface area contributed by atoms with Gasteiger partial charge in [-0.3, -0.25) is 4.79 Å². The zero-order valence-corrected chi connectivity index (χ0v) is 12.2. The number of nitrogens with two attached hydrogens (primary N) is 2. The van der Waals surface area contributed by atoms with E-state index in [9.17, 15) is 17.6 Å². The molecule has 0 heterocycles. The molecule has 112 valence electrons. The van der Waals surface area contributed by atoms with Crippen LogP contribution in [0.3, 0.4) is 0 Å². The van der Waals surface area contributed by atoms with Gasteiger partial charge in [0, 0.05) is 6.54 Å². The Morgan fingerprint density at radius 3 is 2.45 bits per heavy atom. The van der Waals surface area contributed by atoms with Crippen LogP contribution in [0.2, 0.25) is 0 Å². The topological polar surface area (TPSA) is 106 Å². The first kappa shape index (κ1) is 16.4. The van der Waals surface area contributed by atoms with Crippen molar-refractivity contribution in [2.45, 2.75) is 18.7 Å². The molecular weight excluding hydrogens is 285 g/mol. The molecule has 0 saturated heterocycles. The number of amides is 1. The zero-order valence-electron chi connectivity index (χ0n) is 11.3. The molecule has 0 aliphatic carbocycles. The minimum Gasteiger partial charge on any atom is -0.396 e. The van der Waals surface area contributed by atoms with Crippen molar-refractivity contribution in [3.05, 3.63) is 24.0 Å². The average molecular weight is 303 g/mol. The molecule has 0 atom stereocenters. The lowest BCUT2D eigenvalue weighted by Crippen LogP contribution is -2.40. The van der Waals surface area contributed by atoms with Gasteiger partial charge in [-0.25, -0.2) is 12.8 Å². The van der Waals surface area contributed by atoms with Crippen molar-refractivity contribution >= 4 is 21.6 Å². The number of halogens is 1. The molecule has 0 aromatic heterocycles. The number of hydrogen-bond acceptors (Lipinski definition) is 4. The smallest absolute Gasteiger partial charge is 0.243 e. The summed E-state index contributed by atoms with van der Waals surface area (Å²) in [5.41, 5.74) is 10.2. The van der Waals surface area contributed by atoms with Crippen LogP contribution in [0.4, 0.5) is 10.1 Å². The Morgan fingerprint density at radius 1 is 1.40 bits per heavy atom. The van der Waals surface area contributed by atoms with Gasteiger partial charge in [0.05, 0.1) is 17.1 Å². The second kappa shape index (κ2) is 6.19. The van der Waals surface area contributed by atoms with Crippen LogP contribution in [0, 0.1) is 11.7 Å². The first-order valence-electron chi connectivity index (χ1n) is 5.98. The first-order valence-corrected chi connectivity index (χ1v) is 7.42. The van der Waals surface area contributed by atoms with E-state index in [-0.39, 0.29) is 23.0 Å². The number of nitrogen functional groups attached to an aromatic ring is 1. The quantitative estimate of drug-likeness (QED) is 0.748. The zero-order chi connectivity index (χ0) is 15.5. The number of rotatable bonds is 6. The maximum Gasteiger partial charge on any atom is 0.243 e. The number of benzene rings is 1. The van der Waals surface area contributed by atoms with Crippen molar-refractivity contribution < 1.29 is 17.6 Å². The summed E-state index contributed by atoms with van der Waals surface area (Å²) in [6.07, 6.45) is 0. The molecule has 1 aromatic carbocycles. The molecule has 6 nitrogen and oxygen atoms in total. The maximum absolute atomic E-state index is 13.1. The van der Waals surface area contributed by atoms with Gasteiger partial charge in [-0.1, -0.05) is 13.8 Å². The van der Waals surface area contributed by atoms with E-state index in [2.05, 4.69) is 0 Å². The Kier molecular flexibility index (Phi) is 5.07. The van der Waals surface area contributed by atoms with Gasteiger partial charge in [0.2, 0.25) is 15.9 Å². The predicted octanol–water partition coefficient (Wildman–Crippen LogP) is 0.540. The van der Waals surface area contributed by atoms with Gasteiger partial charge in [-0.05, 0) is 24.1 Å². The van der Waals surface area contributed by atoms with Crippen molar-refractivity contribution in [1.82, 2.24) is 4.31 Å². The van der Waals surface area contributed by atoms with E-state index in [1.165, 1.54) is 0 Å². The SMILES string of the molecule is CC(C)CN(CC(N)=O)S(=O)(=O)c1ccc(F)c(N)c1. The standard InChI is InChI=1S/C12H18FN3O3S/c1-8(2)6-16(7-12(15)17)20(18,19)9-3-4-10(13)11(14)5-9/h3-5,8H,6-7,14H2,1-2H3,(H2,15,17). The summed E-state index contributed by atoms with van der Waals surface area (Å²) in [5.74, 6) is -1.46. The highest BCUT2D eigenvalue weighted by molar-refractivity contribution is 7.89. The minimum atomic E-state index is -3.94. The molecular formula is C12H18FN3O3S. The fraction of sp³-hybridized carbons (Fsp3) is 0.417. The summed E-state index contributed by atoms with van der Waals surface area (Å²) in [7, 11) is -3.94. The van der Waals surface area contributed by atoms with Gasteiger partial charge in [0.15, 0.2) is 0 Å². The van der Waals surface area contributed by atoms with Crippen molar-refractivity contribution in [1.29, 1.82) is 0 Å². The van der Waals surface area contributed by atoms with Crippen LogP contribution in [0.15, 0.2) is 23.1 Å². The van der Waals surface area contributed by atoms with E-state index >= 15 is 0 Å². The number of sulfonamides is 1. The predicted molar refractivity (Wildman–Crippen MR) is 73.6 cm³/mol. The lowest BCUT2D eigenvalue weighted by atomic mass is 10.2. The third-order valence-corrected chi connectivity index (χ3v) is 4.31. The Morgan fingerprint density at radius 2 is 2.00 bits per heavy atom. The van der Waals surface area contributed by atoms with E-state index in [1.807, 2.05) is 13.8 Å². The Hall–Kier alpha value is -1.67. The van der Waals surface area contributed by atoms with Crippen LogP contribution in [-0.4, -0.2) is 31.7 Å². The Labute approximate surface area is 117 Å². The van der Waals surface area contributed by atoms with Gasteiger partial charge in [-0.2, -0.15) is 4.31 Å². The monoisotopic (exact) mass is 303 g/mol. The van der Waals surface area contributed by atoms with Crippen LogP contribution < -0.4 is 11.5 Å². The van der Waals surface area contributed by atoms with Gasteiger partial charge in [-0.15, -0.1) is 0 Å². The number of anilines is 1. The highest BCUT2D eigenvalue weighted by Crippen LogP contribution is 2.21. The molecule has 0 aliphatic heterocycles. The molecule has 0 unspecified atom stereocenters. The van der Waals surface area contributed by atoms with E-state index in [4.69, 9.17) is 11.5 Å². The molecule has 8 heteroatoms. The molecule has 1 aromatic rings. The second-order valence-electron chi connectivity index (χ2n) is 4.84. The summed E-state index contributed by atoms with van der Waals surface area (Å²) in [6.45, 7) is 3.31. The second-order valence-corrected chi connectivity index (χ2v) is 6.78. The molecule has 0 fully saturated rings. The Bertz CT molecular complexity index is 602. The summed E-state index contributed by atoms with van der Waals surface area (Å²) in [5, 5.41) is 0. The first-order chi connectivity index (χ1) is 9.14. The molecule has 0 spiro atoms. The number of nitrogens with zero attached hydrogens (tertiary/aromatic N) is 1. The lowest BCUT2D eigenvalue weighted by Gasteiger charge is -2.22. The number of hydrogen-bond donors (Lipinski definition) is 2. The maximum atomic E-state index is 13.1. The van der Waals surface area contributed by atoms with E-state index < -0.39 is 28.3 Å². The number of primary amides is 1. The lowest BCUT2D eigenvalue weighted by molar-refractivity contribution is -0.118. The molecule has 0 bridgehead atoms. The van der Waals surface area contributed by atoms with E-state index in [0.29, 0.717) is 0 Å². The molecule has 1 amide bonds. The van der Waals surface area contributed by atoms with Crippen LogP contribution >= 0.6 is 0 Å². The van der Waals surface area contributed by atoms with Crippen LogP contribution in [0.1, 0.15) is 13.8 Å². The third kappa shape index (κ3) is 3.91. The number of carbonyl (C=O) groups excluding carboxylic acids is 1. The van der Waals surface area contributed by atoms with Crippen molar-refractivity contribution in [3.8, 4) is 0 Å².